The van der Waals surface area contributed by atoms with Crippen molar-refractivity contribution in [2.45, 2.75) is 49.7 Å². The third-order valence-corrected chi connectivity index (χ3v) is 7.32. The van der Waals surface area contributed by atoms with Gasteiger partial charge in [-0.25, -0.2) is 8.42 Å². The molecule has 2 aromatic carbocycles. The molecule has 0 saturated carbocycles. The highest BCUT2D eigenvalue weighted by atomic mass is 32.2. The van der Waals surface area contributed by atoms with Crippen LogP contribution in [0.3, 0.4) is 0 Å². The van der Waals surface area contributed by atoms with Crippen LogP contribution in [0.2, 0.25) is 0 Å². The average Bonchev–Trinajstić information content (AvgIpc) is 3.10. The number of hydrogen-bond acceptors (Lipinski definition) is 6. The second-order valence-corrected chi connectivity index (χ2v) is 10.6. The summed E-state index contributed by atoms with van der Waals surface area (Å²) in [6.07, 6.45) is 4.10. The van der Waals surface area contributed by atoms with Crippen molar-refractivity contribution in [2.24, 2.45) is 0 Å². The Hall–Kier alpha value is -2.09. The van der Waals surface area contributed by atoms with Gasteiger partial charge in [-0.15, -0.1) is 0 Å². The van der Waals surface area contributed by atoms with Crippen molar-refractivity contribution >= 4 is 15.5 Å². The Bertz CT molecular complexity index is 994. The highest BCUT2D eigenvalue weighted by Gasteiger charge is 2.34. The van der Waals surface area contributed by atoms with Crippen molar-refractivity contribution in [1.82, 2.24) is 10.6 Å². The second-order valence-electron chi connectivity index (χ2n) is 8.47. The van der Waals surface area contributed by atoms with E-state index in [4.69, 9.17) is 4.74 Å². The number of ether oxygens (including phenoxy) is 1. The molecule has 0 amide bonds. The molecule has 2 aliphatic rings. The monoisotopic (exact) mass is 429 g/mol. The molecule has 1 fully saturated rings. The number of piperidine rings is 1. The number of hydrogen-bond donors (Lipinski definition) is 3. The lowest BCUT2D eigenvalue weighted by Crippen LogP contribution is -2.48. The van der Waals surface area contributed by atoms with Crippen LogP contribution >= 0.6 is 0 Å². The second kappa shape index (κ2) is 8.57. The molecule has 30 heavy (non-hydrogen) atoms. The topological polar surface area (TPSA) is 79.5 Å². The fourth-order valence-electron chi connectivity index (χ4n) is 4.69. The van der Waals surface area contributed by atoms with Crippen molar-refractivity contribution in [3.63, 3.8) is 0 Å². The summed E-state index contributed by atoms with van der Waals surface area (Å²) in [4.78, 5) is 0. The summed E-state index contributed by atoms with van der Waals surface area (Å²) >= 11 is 0. The van der Waals surface area contributed by atoms with Gasteiger partial charge < -0.3 is 15.4 Å². The van der Waals surface area contributed by atoms with E-state index in [9.17, 15) is 8.42 Å². The molecule has 6 nitrogen and oxygen atoms in total. The van der Waals surface area contributed by atoms with Gasteiger partial charge in [0.15, 0.2) is 9.84 Å². The number of methoxy groups -OCH3 is 1. The summed E-state index contributed by atoms with van der Waals surface area (Å²) in [5.41, 5.74) is 3.99. The molecule has 4 unspecified atom stereocenters. The van der Waals surface area contributed by atoms with Gasteiger partial charge in [0, 0.05) is 35.6 Å². The lowest BCUT2D eigenvalue weighted by Gasteiger charge is -2.36. The molecule has 2 heterocycles. The van der Waals surface area contributed by atoms with Crippen LogP contribution in [-0.2, 0) is 16.3 Å². The molecular weight excluding hydrogens is 398 g/mol. The minimum absolute atomic E-state index is 0.00859. The maximum Gasteiger partial charge on any atom is 0.167 e. The largest absolute Gasteiger partial charge is 0.496 e. The van der Waals surface area contributed by atoms with Crippen LogP contribution < -0.4 is 20.7 Å². The summed E-state index contributed by atoms with van der Waals surface area (Å²) in [7, 11) is -1.83. The lowest BCUT2D eigenvalue weighted by molar-refractivity contribution is 0.297. The number of sulfone groups is 1. The molecule has 2 aromatic rings. The summed E-state index contributed by atoms with van der Waals surface area (Å²) in [5, 5.41) is 9.65. The van der Waals surface area contributed by atoms with Crippen LogP contribution in [0.25, 0.3) is 0 Å². The van der Waals surface area contributed by atoms with Gasteiger partial charge in [-0.2, -0.15) is 0 Å². The van der Waals surface area contributed by atoms with Crippen molar-refractivity contribution in [3.8, 4) is 5.75 Å². The predicted molar refractivity (Wildman–Crippen MR) is 121 cm³/mol. The summed E-state index contributed by atoms with van der Waals surface area (Å²) < 4.78 is 31.5. The molecule has 4 rings (SSSR count). The van der Waals surface area contributed by atoms with Crippen molar-refractivity contribution in [1.29, 1.82) is 0 Å². The van der Waals surface area contributed by atoms with Gasteiger partial charge in [-0.1, -0.05) is 30.3 Å². The molecule has 1 saturated heterocycles. The normalized spacial score (nSPS) is 24.7. The maximum atomic E-state index is 12.9. The van der Waals surface area contributed by atoms with Crippen LogP contribution in [0.15, 0.2) is 42.5 Å². The zero-order chi connectivity index (χ0) is 21.3. The van der Waals surface area contributed by atoms with Crippen molar-refractivity contribution < 1.29 is 13.2 Å². The maximum absolute atomic E-state index is 12.9. The van der Waals surface area contributed by atoms with E-state index in [2.05, 4.69) is 35.0 Å². The molecule has 0 aliphatic carbocycles. The quantitative estimate of drug-likeness (QED) is 0.655. The zero-order valence-electron chi connectivity index (χ0n) is 17.8. The molecule has 7 heteroatoms. The van der Waals surface area contributed by atoms with Crippen molar-refractivity contribution in [3.05, 3.63) is 59.2 Å². The highest BCUT2D eigenvalue weighted by molar-refractivity contribution is 7.90. The van der Waals surface area contributed by atoms with E-state index in [1.54, 1.807) is 7.11 Å². The number of fused-ring (bicyclic) bond motifs is 1. The first-order valence-corrected chi connectivity index (χ1v) is 12.5. The Kier molecular flexibility index (Phi) is 6.04. The van der Waals surface area contributed by atoms with E-state index in [1.807, 2.05) is 30.3 Å². The van der Waals surface area contributed by atoms with Crippen LogP contribution in [-0.4, -0.2) is 40.4 Å². The number of rotatable bonds is 6. The Balaban J connectivity index is 1.70. The molecule has 162 valence electrons. The first kappa shape index (κ1) is 21.2. The highest BCUT2D eigenvalue weighted by Crippen LogP contribution is 2.38. The fourth-order valence-corrected chi connectivity index (χ4v) is 5.75. The minimum Gasteiger partial charge on any atom is -0.496 e. The van der Waals surface area contributed by atoms with Gasteiger partial charge in [0.1, 0.15) is 11.1 Å². The van der Waals surface area contributed by atoms with E-state index in [1.165, 1.54) is 11.8 Å². The van der Waals surface area contributed by atoms with Gasteiger partial charge in [0.05, 0.1) is 7.11 Å². The van der Waals surface area contributed by atoms with Gasteiger partial charge in [0.2, 0.25) is 0 Å². The van der Waals surface area contributed by atoms with Crippen LogP contribution in [0, 0.1) is 0 Å². The van der Waals surface area contributed by atoms with Gasteiger partial charge in [-0.05, 0) is 56.0 Å². The summed E-state index contributed by atoms with van der Waals surface area (Å²) in [6, 6.07) is 14.5. The van der Waals surface area contributed by atoms with E-state index in [0.29, 0.717) is 17.4 Å². The molecule has 0 aromatic heterocycles. The van der Waals surface area contributed by atoms with Gasteiger partial charge in [-0.3, -0.25) is 5.32 Å². The summed E-state index contributed by atoms with van der Waals surface area (Å²) in [6.45, 7) is 3.04. The third-order valence-electron chi connectivity index (χ3n) is 6.08. The molecule has 4 atom stereocenters. The number of nitrogens with one attached hydrogen (secondary N) is 3. The summed E-state index contributed by atoms with van der Waals surface area (Å²) in [5.74, 6) is 0.618. The Morgan fingerprint density at radius 2 is 1.97 bits per heavy atom. The molecule has 3 N–H and O–H groups in total. The third kappa shape index (κ3) is 4.33. The molecular formula is C23H31N3O3S. The molecule has 0 bridgehead atoms. The van der Waals surface area contributed by atoms with Gasteiger partial charge >= 0.3 is 0 Å². The van der Waals surface area contributed by atoms with E-state index in [-0.39, 0.29) is 12.1 Å². The molecule has 0 spiro atoms. The lowest BCUT2D eigenvalue weighted by atomic mass is 9.92. The van der Waals surface area contributed by atoms with Crippen LogP contribution in [0.5, 0.6) is 5.75 Å². The molecule has 2 aliphatic heterocycles. The van der Waals surface area contributed by atoms with Gasteiger partial charge in [0.25, 0.3) is 0 Å². The Morgan fingerprint density at radius 3 is 2.67 bits per heavy atom. The Labute approximate surface area is 179 Å². The van der Waals surface area contributed by atoms with E-state index in [0.717, 1.165) is 37.1 Å². The van der Waals surface area contributed by atoms with E-state index >= 15 is 0 Å². The van der Waals surface area contributed by atoms with Crippen LogP contribution in [0.1, 0.15) is 47.9 Å². The smallest absolute Gasteiger partial charge is 0.167 e. The SMILES string of the molecule is COc1cc2c(cc1C(NC1CCCNC1c1ccccc1)S(C)(=O)=O)NC(C)C2. The minimum atomic E-state index is -3.43. The zero-order valence-corrected chi connectivity index (χ0v) is 18.6. The fraction of sp³-hybridized carbons (Fsp3) is 0.478. The first-order valence-electron chi connectivity index (χ1n) is 10.6. The average molecular weight is 430 g/mol. The Morgan fingerprint density at radius 1 is 1.20 bits per heavy atom. The van der Waals surface area contributed by atoms with E-state index < -0.39 is 15.2 Å². The standard InChI is InChI=1S/C23H31N3O3S/c1-15-12-17-13-21(29-2)18(14-20(17)25-15)23(30(3,27)28)26-19-10-7-11-24-22(19)16-8-5-4-6-9-16/h4-6,8-9,13-15,19,22-26H,7,10-12H2,1-3H3. The first-order chi connectivity index (χ1) is 14.4. The number of benzene rings is 2. The number of anilines is 1. The van der Waals surface area contributed by atoms with Crippen molar-refractivity contribution in [2.75, 3.05) is 25.2 Å². The van der Waals surface area contributed by atoms with Crippen LogP contribution in [0.4, 0.5) is 5.69 Å². The predicted octanol–water partition coefficient (Wildman–Crippen LogP) is 3.18. The molecule has 0 radical (unpaired) electrons.